The van der Waals surface area contributed by atoms with Gasteiger partial charge in [-0.3, -0.25) is 0 Å². The second-order valence-electron chi connectivity index (χ2n) is 4.48. The van der Waals surface area contributed by atoms with Gasteiger partial charge in [-0.1, -0.05) is 16.8 Å². The van der Waals surface area contributed by atoms with E-state index in [-0.39, 0.29) is 17.3 Å². The minimum absolute atomic E-state index is 0.169. The van der Waals surface area contributed by atoms with E-state index in [2.05, 4.69) is 5.10 Å². The fourth-order valence-electron chi connectivity index (χ4n) is 1.66. The van der Waals surface area contributed by atoms with E-state index < -0.39 is 0 Å². The molecule has 4 heteroatoms. The number of hydrogen-bond acceptors (Lipinski definition) is 2. The van der Waals surface area contributed by atoms with Gasteiger partial charge in [-0.15, -0.1) is 0 Å². The zero-order chi connectivity index (χ0) is 11.8. The molecule has 0 atom stereocenters. The molecule has 16 heavy (non-hydrogen) atoms. The topological polar surface area (TPSA) is 38.4 Å². The van der Waals surface area contributed by atoms with Crippen molar-refractivity contribution in [2.24, 2.45) is 5.10 Å². The Kier molecular flexibility index (Phi) is 2.50. The summed E-state index contributed by atoms with van der Waals surface area (Å²) < 4.78 is 14.9. The highest BCUT2D eigenvalue weighted by Gasteiger charge is 2.36. The van der Waals surface area contributed by atoms with Crippen molar-refractivity contribution in [3.8, 4) is 0 Å². The lowest BCUT2D eigenvalue weighted by Crippen LogP contribution is -2.31. The Balaban J connectivity index is 2.42. The van der Waals surface area contributed by atoms with Crippen LogP contribution in [0.3, 0.4) is 0 Å². The van der Waals surface area contributed by atoms with Crippen molar-refractivity contribution in [3.05, 3.63) is 35.6 Å². The van der Waals surface area contributed by atoms with Gasteiger partial charge in [0.1, 0.15) is 5.82 Å². The van der Waals surface area contributed by atoms with Crippen molar-refractivity contribution in [1.29, 1.82) is 0 Å². The Morgan fingerprint density at radius 3 is 2.69 bits per heavy atom. The van der Waals surface area contributed by atoms with Gasteiger partial charge in [0.2, 0.25) is 6.21 Å². The van der Waals surface area contributed by atoms with E-state index in [1.165, 1.54) is 10.8 Å². The van der Waals surface area contributed by atoms with Crippen LogP contribution in [0.15, 0.2) is 29.4 Å². The third-order valence-corrected chi connectivity index (χ3v) is 2.59. The lowest BCUT2D eigenvalue weighted by Gasteiger charge is -2.11. The Hall–Kier alpha value is -1.71. The quantitative estimate of drug-likeness (QED) is 0.653. The molecular formula is C12H13FN2O. The fourth-order valence-corrected chi connectivity index (χ4v) is 1.66. The molecule has 0 bridgehead atoms. The Morgan fingerprint density at radius 1 is 1.44 bits per heavy atom. The maximum Gasteiger partial charge on any atom is 0.206 e. The van der Waals surface area contributed by atoms with E-state index in [1.807, 2.05) is 13.8 Å². The zero-order valence-electron chi connectivity index (χ0n) is 9.27. The van der Waals surface area contributed by atoms with Gasteiger partial charge in [0.25, 0.3) is 0 Å². The van der Waals surface area contributed by atoms with Crippen LogP contribution < -0.4 is 5.11 Å². The minimum Gasteiger partial charge on any atom is -0.857 e. The maximum atomic E-state index is 13.4. The molecule has 0 radical (unpaired) electrons. The van der Waals surface area contributed by atoms with Crippen LogP contribution in [-0.2, 0) is 0 Å². The minimum atomic E-state index is -0.376. The molecule has 0 fully saturated rings. The second-order valence-corrected chi connectivity index (χ2v) is 4.48. The molecule has 1 aliphatic heterocycles. The number of rotatable bonds is 1. The molecule has 0 aliphatic carbocycles. The van der Waals surface area contributed by atoms with Crippen LogP contribution in [0.2, 0.25) is 0 Å². The largest absolute Gasteiger partial charge is 0.857 e. The van der Waals surface area contributed by atoms with Crippen molar-refractivity contribution < 1.29 is 14.2 Å². The zero-order valence-corrected chi connectivity index (χ0v) is 9.27. The first-order valence-corrected chi connectivity index (χ1v) is 5.12. The van der Waals surface area contributed by atoms with E-state index in [1.54, 1.807) is 24.4 Å². The van der Waals surface area contributed by atoms with Crippen LogP contribution in [-0.4, -0.2) is 22.3 Å². The summed E-state index contributed by atoms with van der Waals surface area (Å²) in [6, 6.07) is 6.42. The molecule has 0 saturated carbocycles. The number of hydrogen-bond donors (Lipinski definition) is 0. The summed E-state index contributed by atoms with van der Waals surface area (Å²) in [6.45, 7) is 3.80. The third-order valence-electron chi connectivity index (χ3n) is 2.59. The van der Waals surface area contributed by atoms with Crippen molar-refractivity contribution in [3.63, 3.8) is 0 Å². The predicted molar refractivity (Wildman–Crippen MR) is 58.0 cm³/mol. The lowest BCUT2D eigenvalue weighted by atomic mass is 10.0. The van der Waals surface area contributed by atoms with Crippen molar-refractivity contribution in [2.75, 3.05) is 0 Å². The Bertz CT molecular complexity index is 478. The summed E-state index contributed by atoms with van der Waals surface area (Å²) in [5.74, 6) is -0.481. The molecule has 84 valence electrons. The summed E-state index contributed by atoms with van der Waals surface area (Å²) in [5.41, 5.74) is 0.0633. The number of benzene rings is 1. The smallest absolute Gasteiger partial charge is 0.206 e. The molecule has 0 aromatic heterocycles. The number of halogens is 1. The average molecular weight is 220 g/mol. The normalized spacial score (nSPS) is 21.2. The van der Waals surface area contributed by atoms with Gasteiger partial charge in [0.15, 0.2) is 5.54 Å². The molecule has 1 aliphatic rings. The summed E-state index contributed by atoms with van der Waals surface area (Å²) in [7, 11) is 0. The number of nitrogens with zero attached hydrogens (tertiary/aromatic N) is 2. The second kappa shape index (κ2) is 3.70. The van der Waals surface area contributed by atoms with Crippen LogP contribution in [0.5, 0.6) is 0 Å². The monoisotopic (exact) mass is 220 g/mol. The first kappa shape index (κ1) is 10.8. The molecule has 0 amide bonds. The molecule has 0 N–H and O–H groups in total. The van der Waals surface area contributed by atoms with Crippen LogP contribution in [0, 0.1) is 5.82 Å². The SMILES string of the molecule is CC1(C)CC([O-])=N/[N+]1=C/c1ccccc1F. The van der Waals surface area contributed by atoms with Gasteiger partial charge in [-0.05, 0) is 17.2 Å². The Morgan fingerprint density at radius 2 is 2.12 bits per heavy atom. The van der Waals surface area contributed by atoms with Gasteiger partial charge >= 0.3 is 0 Å². The highest BCUT2D eigenvalue weighted by Crippen LogP contribution is 2.20. The van der Waals surface area contributed by atoms with Crippen LogP contribution in [0.4, 0.5) is 4.39 Å². The molecule has 0 spiro atoms. The number of hydrazone groups is 1. The molecular weight excluding hydrogens is 207 g/mol. The van der Waals surface area contributed by atoms with Gasteiger partial charge in [-0.2, -0.15) is 0 Å². The standard InChI is InChI=1S/C12H13FN2O/c1-12(2)7-11(16)14-15(12)8-9-5-3-4-6-10(9)13/h3-6,8H,7H2,1-2H3/b15-8+. The van der Waals surface area contributed by atoms with E-state index in [0.29, 0.717) is 12.0 Å². The lowest BCUT2D eigenvalue weighted by molar-refractivity contribution is -0.591. The van der Waals surface area contributed by atoms with E-state index >= 15 is 0 Å². The molecule has 0 saturated heterocycles. The highest BCUT2D eigenvalue weighted by molar-refractivity contribution is 5.78. The first-order valence-electron chi connectivity index (χ1n) is 5.12. The van der Waals surface area contributed by atoms with Crippen LogP contribution in [0.1, 0.15) is 25.8 Å². The van der Waals surface area contributed by atoms with Crippen molar-refractivity contribution in [1.82, 2.24) is 0 Å². The molecule has 1 aromatic carbocycles. The summed E-state index contributed by atoms with van der Waals surface area (Å²) in [5, 5.41) is 15.1. The first-order chi connectivity index (χ1) is 7.49. The predicted octanol–water partition coefficient (Wildman–Crippen LogP) is 1.11. The molecule has 2 rings (SSSR count). The maximum absolute atomic E-state index is 13.4. The molecule has 1 aromatic rings. The van der Waals surface area contributed by atoms with Crippen LogP contribution in [0.25, 0.3) is 0 Å². The summed E-state index contributed by atoms with van der Waals surface area (Å²) >= 11 is 0. The van der Waals surface area contributed by atoms with Gasteiger partial charge in [-0.25, -0.2) is 4.39 Å². The van der Waals surface area contributed by atoms with E-state index in [4.69, 9.17) is 0 Å². The summed E-state index contributed by atoms with van der Waals surface area (Å²) in [6.07, 6.45) is 1.93. The highest BCUT2D eigenvalue weighted by atomic mass is 19.1. The van der Waals surface area contributed by atoms with Crippen LogP contribution >= 0.6 is 0 Å². The molecule has 3 nitrogen and oxygen atoms in total. The molecule has 1 heterocycles. The third kappa shape index (κ3) is 1.96. The van der Waals surface area contributed by atoms with E-state index in [0.717, 1.165) is 0 Å². The van der Waals surface area contributed by atoms with Gasteiger partial charge < -0.3 is 5.11 Å². The van der Waals surface area contributed by atoms with Crippen molar-refractivity contribution >= 4 is 12.1 Å². The fraction of sp³-hybridized carbons (Fsp3) is 0.333. The molecule has 0 unspecified atom stereocenters. The summed E-state index contributed by atoms with van der Waals surface area (Å²) in [4.78, 5) is 0. The average Bonchev–Trinajstić information content (AvgIpc) is 2.43. The van der Waals surface area contributed by atoms with Gasteiger partial charge in [0.05, 0.1) is 5.56 Å². The van der Waals surface area contributed by atoms with Crippen molar-refractivity contribution in [2.45, 2.75) is 25.8 Å². The van der Waals surface area contributed by atoms with E-state index in [9.17, 15) is 9.50 Å². The van der Waals surface area contributed by atoms with Gasteiger partial charge in [0, 0.05) is 26.2 Å². The Labute approximate surface area is 93.5 Å².